The van der Waals surface area contributed by atoms with E-state index >= 15 is 0 Å². The summed E-state index contributed by atoms with van der Waals surface area (Å²) >= 11 is 0. The van der Waals surface area contributed by atoms with Crippen molar-refractivity contribution in [1.82, 2.24) is 14.9 Å². The van der Waals surface area contributed by atoms with Gasteiger partial charge in [-0.25, -0.2) is 4.98 Å². The number of fused-ring (bicyclic) bond motifs is 1. The maximum Gasteiger partial charge on any atom is 0.220 e. The summed E-state index contributed by atoms with van der Waals surface area (Å²) in [6.45, 7) is 0.487. The average Bonchev–Trinajstić information content (AvgIpc) is 3.06. The predicted octanol–water partition coefficient (Wildman–Crippen LogP) is 2.55. The number of nitrogens with zero attached hydrogens (tertiary/aromatic N) is 2. The van der Waals surface area contributed by atoms with Crippen molar-refractivity contribution in [2.24, 2.45) is 13.0 Å². The fraction of sp³-hybridized carbons (Fsp3) is 0.375. The Hall–Kier alpha value is -2.10. The van der Waals surface area contributed by atoms with Crippen molar-refractivity contribution < 1.29 is 4.79 Å². The van der Waals surface area contributed by atoms with Crippen molar-refractivity contribution in [3.05, 3.63) is 42.2 Å². The van der Waals surface area contributed by atoms with Gasteiger partial charge in [0.1, 0.15) is 5.82 Å². The van der Waals surface area contributed by atoms with Gasteiger partial charge >= 0.3 is 0 Å². The normalized spacial score (nSPS) is 17.8. The summed E-state index contributed by atoms with van der Waals surface area (Å²) in [6, 6.07) is 8.00. The molecule has 0 saturated carbocycles. The summed E-state index contributed by atoms with van der Waals surface area (Å²) in [5.41, 5.74) is 2.06. The van der Waals surface area contributed by atoms with Crippen molar-refractivity contribution in [3.8, 4) is 0 Å². The number of aromatic nitrogens is 2. The molecule has 0 radical (unpaired) electrons. The zero-order chi connectivity index (χ0) is 13.9. The lowest BCUT2D eigenvalue weighted by atomic mass is 10.1. The van der Waals surface area contributed by atoms with Crippen LogP contribution in [0.25, 0.3) is 11.0 Å². The molecular weight excluding hydrogens is 250 g/mol. The van der Waals surface area contributed by atoms with Crippen LogP contribution in [0.1, 0.15) is 25.1 Å². The molecule has 4 nitrogen and oxygen atoms in total. The SMILES string of the molecule is Cn1c(CNC(=O)C[C@H]2C=CCC2)nc2ccccc21. The molecule has 4 heteroatoms. The number of allylic oxidation sites excluding steroid dienone is 2. The van der Waals surface area contributed by atoms with Gasteiger partial charge in [-0.05, 0) is 30.9 Å². The zero-order valence-corrected chi connectivity index (χ0v) is 11.7. The third-order valence-corrected chi connectivity index (χ3v) is 3.88. The first-order valence-corrected chi connectivity index (χ1v) is 7.08. The molecule has 104 valence electrons. The largest absolute Gasteiger partial charge is 0.349 e. The van der Waals surface area contributed by atoms with Crippen molar-refractivity contribution in [2.45, 2.75) is 25.8 Å². The second-order valence-electron chi connectivity index (χ2n) is 5.32. The number of benzene rings is 1. The first-order chi connectivity index (χ1) is 9.74. The van der Waals surface area contributed by atoms with Crippen LogP contribution in [0.3, 0.4) is 0 Å². The molecule has 3 rings (SSSR count). The molecule has 0 fully saturated rings. The van der Waals surface area contributed by atoms with Gasteiger partial charge in [-0.15, -0.1) is 0 Å². The Balaban J connectivity index is 1.63. The van der Waals surface area contributed by atoms with Gasteiger partial charge in [-0.3, -0.25) is 4.79 Å². The standard InChI is InChI=1S/C16H19N3O/c1-19-14-9-5-4-8-13(14)18-15(19)11-17-16(20)10-12-6-2-3-7-12/h2,4-6,8-9,12H,3,7,10-11H2,1H3,(H,17,20)/t12-/m0/s1. The minimum absolute atomic E-state index is 0.105. The molecule has 1 aliphatic carbocycles. The van der Waals surface area contributed by atoms with E-state index in [9.17, 15) is 4.79 Å². The van der Waals surface area contributed by atoms with Crippen LogP contribution in [0.5, 0.6) is 0 Å². The molecule has 2 aromatic rings. The summed E-state index contributed by atoms with van der Waals surface area (Å²) in [7, 11) is 1.98. The highest BCUT2D eigenvalue weighted by Gasteiger charge is 2.14. The lowest BCUT2D eigenvalue weighted by molar-refractivity contribution is -0.121. The van der Waals surface area contributed by atoms with Crippen molar-refractivity contribution in [2.75, 3.05) is 0 Å². The average molecular weight is 269 g/mol. The van der Waals surface area contributed by atoms with Gasteiger partial charge in [-0.2, -0.15) is 0 Å². The summed E-state index contributed by atoms with van der Waals surface area (Å²) in [5.74, 6) is 1.41. The Morgan fingerprint density at radius 3 is 3.05 bits per heavy atom. The van der Waals surface area contributed by atoms with Gasteiger partial charge in [0.2, 0.25) is 5.91 Å². The smallest absolute Gasteiger partial charge is 0.220 e. The Kier molecular flexibility index (Phi) is 3.54. The van der Waals surface area contributed by atoms with Crippen LogP contribution in [0.15, 0.2) is 36.4 Å². The van der Waals surface area contributed by atoms with E-state index in [1.54, 1.807) is 0 Å². The summed E-state index contributed by atoms with van der Waals surface area (Å²) in [4.78, 5) is 16.5. The van der Waals surface area contributed by atoms with E-state index in [1.807, 2.05) is 35.9 Å². The van der Waals surface area contributed by atoms with Gasteiger partial charge in [-0.1, -0.05) is 24.3 Å². The molecule has 1 heterocycles. The number of aryl methyl sites for hydroxylation is 1. The highest BCUT2D eigenvalue weighted by Crippen LogP contribution is 2.20. The highest BCUT2D eigenvalue weighted by atomic mass is 16.1. The summed E-state index contributed by atoms with van der Waals surface area (Å²) in [6.07, 6.45) is 7.08. The Morgan fingerprint density at radius 1 is 1.45 bits per heavy atom. The molecule has 1 aliphatic rings. The minimum atomic E-state index is 0.105. The van der Waals surface area contributed by atoms with Gasteiger partial charge < -0.3 is 9.88 Å². The van der Waals surface area contributed by atoms with Crippen LogP contribution in [0.4, 0.5) is 0 Å². The molecule has 0 saturated heterocycles. The molecule has 1 N–H and O–H groups in total. The van der Waals surface area contributed by atoms with Crippen LogP contribution in [-0.4, -0.2) is 15.5 Å². The van der Waals surface area contributed by atoms with E-state index < -0.39 is 0 Å². The first-order valence-electron chi connectivity index (χ1n) is 7.08. The third-order valence-electron chi connectivity index (χ3n) is 3.88. The van der Waals surface area contributed by atoms with Gasteiger partial charge in [0.25, 0.3) is 0 Å². The minimum Gasteiger partial charge on any atom is -0.349 e. The number of carbonyl (C=O) groups is 1. The van der Waals surface area contributed by atoms with Crippen molar-refractivity contribution in [3.63, 3.8) is 0 Å². The Morgan fingerprint density at radius 2 is 2.30 bits per heavy atom. The molecule has 1 amide bonds. The number of carbonyl (C=O) groups excluding carboxylic acids is 1. The summed E-state index contributed by atoms with van der Waals surface area (Å²) in [5, 5.41) is 2.97. The monoisotopic (exact) mass is 269 g/mol. The molecule has 20 heavy (non-hydrogen) atoms. The second kappa shape index (κ2) is 5.49. The van der Waals surface area contributed by atoms with Crippen molar-refractivity contribution in [1.29, 1.82) is 0 Å². The lowest BCUT2D eigenvalue weighted by Gasteiger charge is -2.08. The van der Waals surface area contributed by atoms with Crippen LogP contribution in [0.2, 0.25) is 0 Å². The van der Waals surface area contributed by atoms with E-state index in [-0.39, 0.29) is 5.91 Å². The highest BCUT2D eigenvalue weighted by molar-refractivity contribution is 5.77. The van der Waals surface area contributed by atoms with E-state index in [0.29, 0.717) is 18.9 Å². The van der Waals surface area contributed by atoms with E-state index in [4.69, 9.17) is 0 Å². The first kappa shape index (κ1) is 12.9. The molecule has 0 spiro atoms. The van der Waals surface area contributed by atoms with E-state index in [0.717, 1.165) is 29.7 Å². The van der Waals surface area contributed by atoms with E-state index in [2.05, 4.69) is 22.5 Å². The summed E-state index contributed by atoms with van der Waals surface area (Å²) < 4.78 is 2.03. The number of para-hydroxylation sites is 2. The fourth-order valence-electron chi connectivity index (χ4n) is 2.71. The molecule has 1 aromatic heterocycles. The topological polar surface area (TPSA) is 46.9 Å². The fourth-order valence-corrected chi connectivity index (χ4v) is 2.71. The maximum absolute atomic E-state index is 11.9. The molecule has 1 aromatic carbocycles. The van der Waals surface area contributed by atoms with Gasteiger partial charge in [0, 0.05) is 13.5 Å². The number of rotatable bonds is 4. The Labute approximate surface area is 118 Å². The number of imidazole rings is 1. The van der Waals surface area contributed by atoms with Gasteiger partial charge in [0.05, 0.1) is 17.6 Å². The van der Waals surface area contributed by atoms with E-state index in [1.165, 1.54) is 0 Å². The number of amides is 1. The molecule has 0 aliphatic heterocycles. The predicted molar refractivity (Wildman–Crippen MR) is 79.0 cm³/mol. The maximum atomic E-state index is 11.9. The number of nitrogens with one attached hydrogen (secondary N) is 1. The molecule has 1 atom stereocenters. The van der Waals surface area contributed by atoms with Crippen LogP contribution < -0.4 is 5.32 Å². The van der Waals surface area contributed by atoms with Crippen LogP contribution in [0, 0.1) is 5.92 Å². The van der Waals surface area contributed by atoms with Crippen LogP contribution in [-0.2, 0) is 18.4 Å². The molecular formula is C16H19N3O. The number of hydrogen-bond acceptors (Lipinski definition) is 2. The third kappa shape index (κ3) is 2.59. The lowest BCUT2D eigenvalue weighted by Crippen LogP contribution is -2.25. The molecule has 0 unspecified atom stereocenters. The van der Waals surface area contributed by atoms with Gasteiger partial charge in [0.15, 0.2) is 0 Å². The second-order valence-corrected chi connectivity index (χ2v) is 5.32. The zero-order valence-electron chi connectivity index (χ0n) is 11.7. The molecule has 0 bridgehead atoms. The quantitative estimate of drug-likeness (QED) is 0.867. The number of hydrogen-bond donors (Lipinski definition) is 1. The van der Waals surface area contributed by atoms with Crippen molar-refractivity contribution >= 4 is 16.9 Å². The van der Waals surface area contributed by atoms with Crippen LogP contribution >= 0.6 is 0 Å². The Bertz CT molecular complexity index is 657.